The summed E-state index contributed by atoms with van der Waals surface area (Å²) in [6.45, 7) is 3.53. The van der Waals surface area contributed by atoms with E-state index in [2.05, 4.69) is 5.32 Å². The minimum Gasteiger partial charge on any atom is -0.381 e. The van der Waals surface area contributed by atoms with Crippen molar-refractivity contribution in [2.75, 3.05) is 19.8 Å². The van der Waals surface area contributed by atoms with Crippen molar-refractivity contribution in [3.05, 3.63) is 0 Å². The molecule has 1 heterocycles. The van der Waals surface area contributed by atoms with Gasteiger partial charge in [-0.3, -0.25) is 19.8 Å². The first-order valence-corrected chi connectivity index (χ1v) is 6.87. The van der Waals surface area contributed by atoms with E-state index < -0.39 is 17.4 Å². The molecule has 4 amide bonds. The molecule has 0 aromatic carbocycles. The lowest BCUT2D eigenvalue weighted by molar-refractivity contribution is -0.157. The van der Waals surface area contributed by atoms with Gasteiger partial charge in [-0.1, -0.05) is 13.3 Å². The first-order chi connectivity index (χ1) is 9.12. The van der Waals surface area contributed by atoms with Crippen molar-refractivity contribution in [3.8, 4) is 0 Å². The maximum atomic E-state index is 12.3. The number of imide groups is 2. The Morgan fingerprint density at radius 2 is 2.00 bits per heavy atom. The second kappa shape index (κ2) is 5.69. The van der Waals surface area contributed by atoms with Crippen LogP contribution >= 0.6 is 0 Å². The number of barbiturate groups is 1. The van der Waals surface area contributed by atoms with Crippen molar-refractivity contribution in [1.29, 1.82) is 0 Å². The molecule has 1 saturated carbocycles. The molecule has 6 nitrogen and oxygen atoms in total. The molecule has 1 aliphatic heterocycles. The Morgan fingerprint density at radius 1 is 1.26 bits per heavy atom. The third kappa shape index (κ3) is 2.49. The van der Waals surface area contributed by atoms with Crippen LogP contribution in [-0.4, -0.2) is 42.5 Å². The number of carbonyl (C=O) groups excluding carboxylic acids is 3. The van der Waals surface area contributed by atoms with Gasteiger partial charge < -0.3 is 4.74 Å². The van der Waals surface area contributed by atoms with E-state index in [0.717, 1.165) is 17.7 Å². The van der Waals surface area contributed by atoms with E-state index in [1.807, 2.05) is 6.92 Å². The largest absolute Gasteiger partial charge is 0.381 e. The van der Waals surface area contributed by atoms with E-state index in [0.29, 0.717) is 39.0 Å². The number of urea groups is 1. The van der Waals surface area contributed by atoms with E-state index >= 15 is 0 Å². The number of hydrogen-bond acceptors (Lipinski definition) is 4. The van der Waals surface area contributed by atoms with Crippen LogP contribution in [0.3, 0.4) is 0 Å². The molecule has 106 valence electrons. The minimum absolute atomic E-state index is 0.309. The fourth-order valence-corrected chi connectivity index (χ4v) is 2.48. The molecule has 1 spiro atoms. The molecule has 2 aliphatic rings. The fraction of sp³-hybridized carbons (Fsp3) is 0.769. The fourth-order valence-electron chi connectivity index (χ4n) is 2.48. The third-order valence-corrected chi connectivity index (χ3v) is 3.78. The van der Waals surface area contributed by atoms with Crippen molar-refractivity contribution in [2.45, 2.75) is 39.0 Å². The van der Waals surface area contributed by atoms with E-state index in [1.165, 1.54) is 0 Å². The highest BCUT2D eigenvalue weighted by atomic mass is 16.5. The number of hydrogen-bond donors (Lipinski definition) is 1. The second-order valence-electron chi connectivity index (χ2n) is 5.12. The number of rotatable bonds is 6. The van der Waals surface area contributed by atoms with Crippen LogP contribution in [0, 0.1) is 5.41 Å². The number of nitrogens with zero attached hydrogens (tertiary/aromatic N) is 1. The monoisotopic (exact) mass is 268 g/mol. The van der Waals surface area contributed by atoms with Crippen molar-refractivity contribution >= 4 is 17.8 Å². The standard InChI is InChI=1S/C13H20N2O4/c1-2-8-19-9-4-7-15-11(17)13(5-3-6-13)10(16)14-12(15)18/h2-9H2,1H3,(H,14,16,18). The van der Waals surface area contributed by atoms with Gasteiger partial charge in [-0.15, -0.1) is 0 Å². The van der Waals surface area contributed by atoms with Gasteiger partial charge in [0.25, 0.3) is 0 Å². The number of amides is 4. The molecule has 1 aliphatic carbocycles. The van der Waals surface area contributed by atoms with Gasteiger partial charge in [-0.2, -0.15) is 0 Å². The van der Waals surface area contributed by atoms with Crippen LogP contribution in [0.15, 0.2) is 0 Å². The summed E-state index contributed by atoms with van der Waals surface area (Å²) in [6.07, 6.45) is 3.51. The molecule has 0 bridgehead atoms. The molecule has 2 fully saturated rings. The summed E-state index contributed by atoms with van der Waals surface area (Å²) in [7, 11) is 0. The van der Waals surface area contributed by atoms with Crippen LogP contribution in [-0.2, 0) is 14.3 Å². The molecule has 0 atom stereocenters. The minimum atomic E-state index is -0.960. The second-order valence-corrected chi connectivity index (χ2v) is 5.12. The zero-order valence-corrected chi connectivity index (χ0v) is 11.2. The smallest absolute Gasteiger partial charge is 0.330 e. The maximum Gasteiger partial charge on any atom is 0.330 e. The molecule has 1 saturated heterocycles. The van der Waals surface area contributed by atoms with Gasteiger partial charge in [0, 0.05) is 19.8 Å². The van der Waals surface area contributed by atoms with Crippen LogP contribution in [0.25, 0.3) is 0 Å². The van der Waals surface area contributed by atoms with Crippen molar-refractivity contribution in [3.63, 3.8) is 0 Å². The van der Waals surface area contributed by atoms with Crippen LogP contribution in [0.2, 0.25) is 0 Å². The van der Waals surface area contributed by atoms with Gasteiger partial charge in [-0.25, -0.2) is 4.79 Å². The van der Waals surface area contributed by atoms with Crippen LogP contribution in [0.4, 0.5) is 4.79 Å². The highest BCUT2D eigenvalue weighted by Gasteiger charge is 2.57. The number of carbonyl (C=O) groups is 3. The zero-order valence-electron chi connectivity index (χ0n) is 11.2. The van der Waals surface area contributed by atoms with Crippen LogP contribution in [0.5, 0.6) is 0 Å². The van der Waals surface area contributed by atoms with Crippen molar-refractivity contribution in [2.24, 2.45) is 5.41 Å². The SMILES string of the molecule is CCCOCCCN1C(=O)NC(=O)C2(CCC2)C1=O. The summed E-state index contributed by atoms with van der Waals surface area (Å²) in [5, 5.41) is 2.29. The molecular weight excluding hydrogens is 248 g/mol. The van der Waals surface area contributed by atoms with Gasteiger partial charge in [0.2, 0.25) is 11.8 Å². The Labute approximate surface area is 112 Å². The summed E-state index contributed by atoms with van der Waals surface area (Å²) >= 11 is 0. The van der Waals surface area contributed by atoms with E-state index in [4.69, 9.17) is 4.74 Å². The molecule has 2 rings (SSSR count). The molecule has 6 heteroatoms. The van der Waals surface area contributed by atoms with E-state index in [-0.39, 0.29) is 5.91 Å². The van der Waals surface area contributed by atoms with Gasteiger partial charge in [0.15, 0.2) is 0 Å². The molecule has 19 heavy (non-hydrogen) atoms. The molecule has 0 unspecified atom stereocenters. The Kier molecular flexibility index (Phi) is 4.19. The highest BCUT2D eigenvalue weighted by molar-refractivity contribution is 6.19. The number of nitrogens with one attached hydrogen (secondary N) is 1. The molecule has 1 N–H and O–H groups in total. The zero-order chi connectivity index (χ0) is 13.9. The summed E-state index contributed by atoms with van der Waals surface area (Å²) in [6, 6.07) is -0.594. The van der Waals surface area contributed by atoms with Gasteiger partial charge in [0.1, 0.15) is 5.41 Å². The first-order valence-electron chi connectivity index (χ1n) is 6.87. The normalized spacial score (nSPS) is 21.5. The predicted molar refractivity (Wildman–Crippen MR) is 67.3 cm³/mol. The summed E-state index contributed by atoms with van der Waals surface area (Å²) in [5.74, 6) is -0.754. The lowest BCUT2D eigenvalue weighted by atomic mass is 9.66. The predicted octanol–water partition coefficient (Wildman–Crippen LogP) is 1.05. The topological polar surface area (TPSA) is 75.7 Å². The maximum absolute atomic E-state index is 12.3. The summed E-state index contributed by atoms with van der Waals surface area (Å²) in [4.78, 5) is 36.9. The molecular formula is C13H20N2O4. The van der Waals surface area contributed by atoms with Crippen LogP contribution in [0.1, 0.15) is 39.0 Å². The van der Waals surface area contributed by atoms with Crippen molar-refractivity contribution in [1.82, 2.24) is 10.2 Å². The lowest BCUT2D eigenvalue weighted by Gasteiger charge is -2.44. The molecule has 0 aromatic rings. The molecule has 0 radical (unpaired) electrons. The lowest BCUT2D eigenvalue weighted by Crippen LogP contribution is -2.66. The Balaban J connectivity index is 1.90. The van der Waals surface area contributed by atoms with Gasteiger partial charge in [-0.05, 0) is 25.7 Å². The highest BCUT2D eigenvalue weighted by Crippen LogP contribution is 2.44. The Hall–Kier alpha value is -1.43. The molecule has 0 aromatic heterocycles. The average molecular weight is 268 g/mol. The quantitative estimate of drug-likeness (QED) is 0.577. The third-order valence-electron chi connectivity index (χ3n) is 3.78. The first kappa shape index (κ1) is 14.0. The average Bonchev–Trinajstić information content (AvgIpc) is 2.30. The number of ether oxygens (including phenoxy) is 1. The van der Waals surface area contributed by atoms with E-state index in [9.17, 15) is 14.4 Å². The van der Waals surface area contributed by atoms with Crippen molar-refractivity contribution < 1.29 is 19.1 Å². The summed E-state index contributed by atoms with van der Waals surface area (Å²) in [5.41, 5.74) is -0.960. The van der Waals surface area contributed by atoms with Gasteiger partial charge >= 0.3 is 6.03 Å². The Bertz CT molecular complexity index is 390. The summed E-state index contributed by atoms with van der Waals surface area (Å²) < 4.78 is 5.32. The van der Waals surface area contributed by atoms with Gasteiger partial charge in [0.05, 0.1) is 0 Å². The van der Waals surface area contributed by atoms with Crippen LogP contribution < -0.4 is 5.32 Å². The Morgan fingerprint density at radius 3 is 2.58 bits per heavy atom. The van der Waals surface area contributed by atoms with E-state index in [1.54, 1.807) is 0 Å².